The Bertz CT molecular complexity index is 531. The van der Waals surface area contributed by atoms with Crippen LogP contribution in [0.2, 0.25) is 0 Å². The van der Waals surface area contributed by atoms with E-state index in [4.69, 9.17) is 0 Å². The number of benzene rings is 2. The predicted molar refractivity (Wildman–Crippen MR) is 95.1 cm³/mol. The zero-order chi connectivity index (χ0) is 15.8. The van der Waals surface area contributed by atoms with Crippen LogP contribution in [0.1, 0.15) is 50.7 Å². The molecule has 0 spiro atoms. The van der Waals surface area contributed by atoms with Gasteiger partial charge in [0, 0.05) is 0 Å². The third-order valence-corrected chi connectivity index (χ3v) is 12.2. The Hall–Kier alpha value is -0.473. The van der Waals surface area contributed by atoms with Gasteiger partial charge in [-0.05, 0) is 0 Å². The van der Waals surface area contributed by atoms with Crippen LogP contribution in [-0.4, -0.2) is 5.49 Å². The first kappa shape index (κ1) is 17.9. The maximum atomic E-state index is 2.39. The van der Waals surface area contributed by atoms with Gasteiger partial charge in [0.25, 0.3) is 0 Å². The average Bonchev–Trinajstić information content (AvgIpc) is 2.58. The van der Waals surface area contributed by atoms with E-state index in [9.17, 15) is 0 Å². The fraction of sp³-hybridized carbons (Fsp3) is 0.400. The van der Waals surface area contributed by atoms with Crippen LogP contribution in [0.25, 0.3) is 0 Å². The summed E-state index contributed by atoms with van der Waals surface area (Å²) in [6.45, 7) is 4.52. The van der Waals surface area contributed by atoms with Gasteiger partial charge in [-0.15, -0.1) is 0 Å². The molecule has 0 bridgehead atoms. The summed E-state index contributed by atoms with van der Waals surface area (Å²) in [5, 5.41) is 3.16. The molecule has 2 aromatic carbocycles. The first-order valence-corrected chi connectivity index (χ1v) is 15.4. The molecule has 22 heavy (non-hydrogen) atoms. The summed E-state index contributed by atoms with van der Waals surface area (Å²) in [7, 11) is 0. The van der Waals surface area contributed by atoms with E-state index in [1.165, 1.54) is 72.7 Å². The second kappa shape index (κ2) is 9.62. The Morgan fingerprint density at radius 3 is 1.36 bits per heavy atom. The van der Waals surface area contributed by atoms with Crippen LogP contribution >= 0.6 is 0 Å². The first-order chi connectivity index (χ1) is 10.7. The minimum absolute atomic E-state index is 0.479. The molecular formula is C20H26HfSi+2. The van der Waals surface area contributed by atoms with E-state index in [0.717, 1.165) is 0 Å². The van der Waals surface area contributed by atoms with Crippen LogP contribution in [0.4, 0.5) is 0 Å². The molecule has 0 aliphatic heterocycles. The molecule has 0 heterocycles. The quantitative estimate of drug-likeness (QED) is 0.509. The van der Waals surface area contributed by atoms with Crippen LogP contribution in [0.15, 0.2) is 48.5 Å². The molecule has 0 fully saturated rings. The molecule has 0 atom stereocenters. The minimum atomic E-state index is -0.479. The van der Waals surface area contributed by atoms with Crippen molar-refractivity contribution in [3.8, 4) is 0 Å². The maximum absolute atomic E-state index is 2.39. The van der Waals surface area contributed by atoms with Gasteiger partial charge in [-0.3, -0.25) is 0 Å². The van der Waals surface area contributed by atoms with Crippen molar-refractivity contribution >= 4 is 15.9 Å². The van der Waals surface area contributed by atoms with Gasteiger partial charge < -0.3 is 0 Å². The molecule has 0 amide bonds. The van der Waals surface area contributed by atoms with Crippen LogP contribution in [0, 0.1) is 0 Å². The summed E-state index contributed by atoms with van der Waals surface area (Å²) in [5.41, 5.74) is 2.52. The van der Waals surface area contributed by atoms with Crippen molar-refractivity contribution in [2.45, 2.75) is 52.4 Å². The van der Waals surface area contributed by atoms with Crippen molar-refractivity contribution < 1.29 is 23.0 Å². The van der Waals surface area contributed by atoms with E-state index >= 15 is 0 Å². The Morgan fingerprint density at radius 1 is 0.682 bits per heavy atom. The number of rotatable bonds is 8. The van der Waals surface area contributed by atoms with E-state index in [2.05, 4.69) is 62.4 Å². The number of hydrogen-bond donors (Lipinski definition) is 0. The van der Waals surface area contributed by atoms with Gasteiger partial charge in [0.15, 0.2) is 0 Å². The van der Waals surface area contributed by atoms with Crippen LogP contribution in [0.5, 0.6) is 0 Å². The number of hydrogen-bond acceptors (Lipinski definition) is 0. The third kappa shape index (κ3) is 5.31. The zero-order valence-electron chi connectivity index (χ0n) is 13.9. The van der Waals surface area contributed by atoms with E-state index in [1.54, 1.807) is 10.4 Å². The Morgan fingerprint density at radius 2 is 1.05 bits per heavy atom. The SMILES string of the molecule is CCCCc1ccc([Si](=[Hf+2])c2ccc(CCCC)cc2)cc1. The summed E-state index contributed by atoms with van der Waals surface area (Å²) >= 11 is 1.27. The van der Waals surface area contributed by atoms with Crippen LogP contribution in [-0.2, 0) is 35.8 Å². The Balaban J connectivity index is 2.04. The van der Waals surface area contributed by atoms with E-state index in [0.29, 0.717) is 0 Å². The molecule has 112 valence electrons. The van der Waals surface area contributed by atoms with Crippen molar-refractivity contribution in [3.05, 3.63) is 59.7 Å². The van der Waals surface area contributed by atoms with E-state index in [-0.39, 0.29) is 0 Å². The fourth-order valence-electron chi connectivity index (χ4n) is 2.60. The molecule has 2 heteroatoms. The Kier molecular flexibility index (Phi) is 7.81. The first-order valence-electron chi connectivity index (χ1n) is 8.51. The molecule has 0 N–H and O–H groups in total. The van der Waals surface area contributed by atoms with Gasteiger partial charge in [0.1, 0.15) is 0 Å². The van der Waals surface area contributed by atoms with Crippen LogP contribution < -0.4 is 10.4 Å². The summed E-state index contributed by atoms with van der Waals surface area (Å²) in [4.78, 5) is 0. The Labute approximate surface area is 150 Å². The normalized spacial score (nSPS) is 10.7. The predicted octanol–water partition coefficient (Wildman–Crippen LogP) is 4.02. The molecular weight excluding hydrogens is 447 g/mol. The number of aryl methyl sites for hydroxylation is 2. The molecule has 0 saturated carbocycles. The molecule has 0 saturated heterocycles. The second-order valence-corrected chi connectivity index (χ2v) is 13.3. The summed E-state index contributed by atoms with van der Waals surface area (Å²) in [5.74, 6) is 0. The molecule has 0 radical (unpaired) electrons. The average molecular weight is 473 g/mol. The summed E-state index contributed by atoms with van der Waals surface area (Å²) in [6.07, 6.45) is 7.62. The van der Waals surface area contributed by atoms with Crippen molar-refractivity contribution in [2.75, 3.05) is 0 Å². The van der Waals surface area contributed by atoms with Crippen molar-refractivity contribution in [1.29, 1.82) is 0 Å². The van der Waals surface area contributed by atoms with Gasteiger partial charge in [-0.1, -0.05) is 0 Å². The molecule has 0 aromatic heterocycles. The van der Waals surface area contributed by atoms with Crippen molar-refractivity contribution in [3.63, 3.8) is 0 Å². The van der Waals surface area contributed by atoms with Crippen molar-refractivity contribution in [1.82, 2.24) is 0 Å². The molecule has 2 rings (SSSR count). The van der Waals surface area contributed by atoms with Gasteiger partial charge in [0.2, 0.25) is 0 Å². The summed E-state index contributed by atoms with van der Waals surface area (Å²) < 4.78 is 0. The molecule has 0 unspecified atom stereocenters. The molecule has 0 aliphatic carbocycles. The molecule has 2 aromatic rings. The molecule has 0 aliphatic rings. The van der Waals surface area contributed by atoms with Gasteiger partial charge in [-0.2, -0.15) is 0 Å². The van der Waals surface area contributed by atoms with Gasteiger partial charge in [-0.25, -0.2) is 0 Å². The monoisotopic (exact) mass is 474 g/mol. The zero-order valence-corrected chi connectivity index (χ0v) is 18.5. The summed E-state index contributed by atoms with van der Waals surface area (Å²) in [6, 6.07) is 18.9. The number of unbranched alkanes of at least 4 members (excludes halogenated alkanes) is 2. The van der Waals surface area contributed by atoms with Gasteiger partial charge in [0.05, 0.1) is 0 Å². The van der Waals surface area contributed by atoms with E-state index < -0.39 is 5.49 Å². The topological polar surface area (TPSA) is 0 Å². The van der Waals surface area contributed by atoms with E-state index in [1.807, 2.05) is 0 Å². The fourth-order valence-corrected chi connectivity index (χ4v) is 7.53. The second-order valence-electron chi connectivity index (χ2n) is 5.98. The van der Waals surface area contributed by atoms with Crippen LogP contribution in [0.3, 0.4) is 0 Å². The third-order valence-electron chi connectivity index (χ3n) is 4.12. The van der Waals surface area contributed by atoms with Crippen molar-refractivity contribution in [2.24, 2.45) is 0 Å². The standard InChI is InChI=1S/C20H26Si.Hf/c1-3-5-7-17-9-13-19(14-10-17)21-20-15-11-18(12-16-20)8-6-4-2;/h9-16H,3-8H2,1-2H3;/q;+2. The van der Waals surface area contributed by atoms with Gasteiger partial charge >= 0.3 is 151 Å². The molecule has 0 nitrogen and oxygen atoms in total.